The van der Waals surface area contributed by atoms with Gasteiger partial charge in [-0.2, -0.15) is 0 Å². The van der Waals surface area contributed by atoms with Crippen LogP contribution in [0, 0.1) is 0 Å². The molecule has 0 bridgehead atoms. The van der Waals surface area contributed by atoms with Gasteiger partial charge in [-0.05, 0) is 64.3 Å². The normalized spacial score (nSPS) is 16.2. The van der Waals surface area contributed by atoms with Crippen molar-refractivity contribution in [2.24, 2.45) is 0 Å². The molecule has 2 aromatic rings. The minimum atomic E-state index is 0.0485. The molecule has 2 N–H and O–H groups in total. The second kappa shape index (κ2) is 8.05. The van der Waals surface area contributed by atoms with Gasteiger partial charge in [0, 0.05) is 35.6 Å². The zero-order valence-corrected chi connectivity index (χ0v) is 15.6. The van der Waals surface area contributed by atoms with Crippen LogP contribution >= 0.6 is 0 Å². The zero-order valence-electron chi connectivity index (χ0n) is 15.6. The summed E-state index contributed by atoms with van der Waals surface area (Å²) >= 11 is 0. The summed E-state index contributed by atoms with van der Waals surface area (Å²) in [5.41, 5.74) is 2.52. The quantitative estimate of drug-likeness (QED) is 0.803. The van der Waals surface area contributed by atoms with E-state index in [1.165, 1.54) is 35.7 Å². The molecule has 1 aliphatic rings. The first kappa shape index (κ1) is 18.0. The van der Waals surface area contributed by atoms with Gasteiger partial charge < -0.3 is 10.3 Å². The lowest BCUT2D eigenvalue weighted by atomic mass is 9.98. The minimum absolute atomic E-state index is 0.0485. The number of nitrogens with zero attached hydrogens (tertiary/aromatic N) is 1. The highest BCUT2D eigenvalue weighted by atomic mass is 16.1. The first-order valence-electron chi connectivity index (χ1n) is 9.63. The number of piperidine rings is 1. The van der Waals surface area contributed by atoms with Crippen molar-refractivity contribution in [2.45, 2.75) is 57.9 Å². The molecule has 136 valence electrons. The van der Waals surface area contributed by atoms with Gasteiger partial charge in [-0.3, -0.25) is 9.69 Å². The first-order chi connectivity index (χ1) is 12.1. The maximum atomic E-state index is 12.2. The fraction of sp³-hybridized carbons (Fsp3) is 0.571. The van der Waals surface area contributed by atoms with Crippen LogP contribution in [-0.2, 0) is 11.2 Å². The predicted octanol–water partition coefficient (Wildman–Crippen LogP) is 3.87. The number of aromatic amines is 1. The lowest BCUT2D eigenvalue weighted by Crippen LogP contribution is -2.53. The molecular weight excluding hydrogens is 310 g/mol. The van der Waals surface area contributed by atoms with Crippen molar-refractivity contribution in [2.75, 3.05) is 19.6 Å². The van der Waals surface area contributed by atoms with Gasteiger partial charge in [0.05, 0.1) is 0 Å². The van der Waals surface area contributed by atoms with E-state index in [0.717, 1.165) is 32.5 Å². The predicted molar refractivity (Wildman–Crippen MR) is 104 cm³/mol. The SMILES string of the molecule is CC(C)(CNC(=O)CCCc1c[nH]c2ccccc12)N1CCCCC1. The van der Waals surface area contributed by atoms with Gasteiger partial charge in [-0.15, -0.1) is 0 Å². The molecule has 0 atom stereocenters. The highest BCUT2D eigenvalue weighted by Gasteiger charge is 2.28. The molecular formula is C21H31N3O. The number of H-pyrrole nitrogens is 1. The summed E-state index contributed by atoms with van der Waals surface area (Å²) < 4.78 is 0. The van der Waals surface area contributed by atoms with Crippen LogP contribution in [0.5, 0.6) is 0 Å². The summed E-state index contributed by atoms with van der Waals surface area (Å²) in [6, 6.07) is 8.34. The van der Waals surface area contributed by atoms with Crippen LogP contribution in [0.4, 0.5) is 0 Å². The molecule has 4 nitrogen and oxygen atoms in total. The molecule has 0 aliphatic carbocycles. The lowest BCUT2D eigenvalue weighted by molar-refractivity contribution is -0.121. The number of carbonyl (C=O) groups is 1. The monoisotopic (exact) mass is 341 g/mol. The smallest absolute Gasteiger partial charge is 0.220 e. The van der Waals surface area contributed by atoms with Crippen LogP contribution in [0.15, 0.2) is 30.5 Å². The molecule has 0 unspecified atom stereocenters. The number of benzene rings is 1. The number of aromatic nitrogens is 1. The summed E-state index contributed by atoms with van der Waals surface area (Å²) in [6.07, 6.45) is 8.39. The number of carbonyl (C=O) groups excluding carboxylic acids is 1. The number of amides is 1. The number of fused-ring (bicyclic) bond motifs is 1. The summed E-state index contributed by atoms with van der Waals surface area (Å²) in [7, 11) is 0. The molecule has 1 aliphatic heterocycles. The van der Waals surface area contributed by atoms with Crippen molar-refractivity contribution >= 4 is 16.8 Å². The lowest BCUT2D eigenvalue weighted by Gasteiger charge is -2.41. The maximum Gasteiger partial charge on any atom is 0.220 e. The topological polar surface area (TPSA) is 48.1 Å². The van der Waals surface area contributed by atoms with Gasteiger partial charge in [-0.1, -0.05) is 24.6 Å². The Balaban J connectivity index is 1.42. The Kier molecular flexibility index (Phi) is 5.79. The van der Waals surface area contributed by atoms with Gasteiger partial charge in [0.15, 0.2) is 0 Å². The van der Waals surface area contributed by atoms with Crippen molar-refractivity contribution in [3.8, 4) is 0 Å². The van der Waals surface area contributed by atoms with E-state index in [0.29, 0.717) is 6.42 Å². The van der Waals surface area contributed by atoms with Crippen LogP contribution in [0.3, 0.4) is 0 Å². The van der Waals surface area contributed by atoms with Crippen molar-refractivity contribution in [3.05, 3.63) is 36.0 Å². The van der Waals surface area contributed by atoms with Crippen molar-refractivity contribution in [1.82, 2.24) is 15.2 Å². The van der Waals surface area contributed by atoms with Gasteiger partial charge in [-0.25, -0.2) is 0 Å². The summed E-state index contributed by atoms with van der Waals surface area (Å²) in [5, 5.41) is 4.42. The van der Waals surface area contributed by atoms with Gasteiger partial charge in [0.1, 0.15) is 0 Å². The van der Waals surface area contributed by atoms with Crippen LogP contribution in [-0.4, -0.2) is 41.0 Å². The second-order valence-electron chi connectivity index (χ2n) is 7.85. The Morgan fingerprint density at radius 2 is 1.96 bits per heavy atom. The average Bonchev–Trinajstić information content (AvgIpc) is 3.04. The standard InChI is InChI=1S/C21H31N3O/c1-21(2,24-13-6-3-7-14-24)16-23-20(25)12-8-9-17-15-22-19-11-5-4-10-18(17)19/h4-5,10-11,15,22H,3,6-9,12-14,16H2,1-2H3,(H,23,25). The van der Waals surface area contributed by atoms with Crippen LogP contribution in [0.25, 0.3) is 10.9 Å². The van der Waals surface area contributed by atoms with E-state index < -0.39 is 0 Å². The van der Waals surface area contributed by atoms with Crippen molar-refractivity contribution in [1.29, 1.82) is 0 Å². The highest BCUT2D eigenvalue weighted by molar-refractivity contribution is 5.83. The van der Waals surface area contributed by atoms with E-state index >= 15 is 0 Å². The van der Waals surface area contributed by atoms with Gasteiger partial charge >= 0.3 is 0 Å². The Hall–Kier alpha value is -1.81. The molecule has 1 amide bonds. The molecule has 3 rings (SSSR count). The third kappa shape index (κ3) is 4.63. The Bertz CT molecular complexity index is 698. The molecule has 0 spiro atoms. The van der Waals surface area contributed by atoms with Crippen molar-refractivity contribution in [3.63, 3.8) is 0 Å². The third-order valence-electron chi connectivity index (χ3n) is 5.46. The number of likely N-dealkylation sites (tertiary alicyclic amines) is 1. The van der Waals surface area contributed by atoms with E-state index in [4.69, 9.17) is 0 Å². The third-order valence-corrected chi connectivity index (χ3v) is 5.46. The minimum Gasteiger partial charge on any atom is -0.361 e. The molecule has 2 heterocycles. The number of aryl methyl sites for hydroxylation is 1. The average molecular weight is 341 g/mol. The molecule has 1 fully saturated rings. The van der Waals surface area contributed by atoms with Crippen LogP contribution in [0.2, 0.25) is 0 Å². The fourth-order valence-electron chi connectivity index (χ4n) is 3.79. The number of nitrogens with one attached hydrogen (secondary N) is 2. The fourth-order valence-corrected chi connectivity index (χ4v) is 3.79. The zero-order chi connectivity index (χ0) is 17.7. The number of rotatable bonds is 7. The van der Waals surface area contributed by atoms with E-state index in [2.05, 4.69) is 53.4 Å². The Labute approximate surface area is 151 Å². The maximum absolute atomic E-state index is 12.2. The molecule has 0 saturated carbocycles. The Morgan fingerprint density at radius 3 is 2.76 bits per heavy atom. The highest BCUT2D eigenvalue weighted by Crippen LogP contribution is 2.21. The molecule has 1 saturated heterocycles. The summed E-state index contributed by atoms with van der Waals surface area (Å²) in [4.78, 5) is 18.0. The Morgan fingerprint density at radius 1 is 1.20 bits per heavy atom. The van der Waals surface area contributed by atoms with Crippen LogP contribution < -0.4 is 5.32 Å². The summed E-state index contributed by atoms with van der Waals surface area (Å²) in [5.74, 6) is 0.171. The molecule has 1 aromatic carbocycles. The van der Waals surface area contributed by atoms with Crippen molar-refractivity contribution < 1.29 is 4.79 Å². The number of hydrogen-bond donors (Lipinski definition) is 2. The van der Waals surface area contributed by atoms with Gasteiger partial charge in [0.2, 0.25) is 5.91 Å². The molecule has 4 heteroatoms. The van der Waals surface area contributed by atoms with Crippen LogP contribution in [0.1, 0.15) is 51.5 Å². The first-order valence-corrected chi connectivity index (χ1v) is 9.63. The number of para-hydroxylation sites is 1. The number of hydrogen-bond acceptors (Lipinski definition) is 2. The molecule has 0 radical (unpaired) electrons. The largest absolute Gasteiger partial charge is 0.361 e. The molecule has 1 aromatic heterocycles. The van der Waals surface area contributed by atoms with E-state index in [-0.39, 0.29) is 11.4 Å². The van der Waals surface area contributed by atoms with E-state index in [1.807, 2.05) is 6.07 Å². The van der Waals surface area contributed by atoms with E-state index in [9.17, 15) is 4.79 Å². The van der Waals surface area contributed by atoms with Gasteiger partial charge in [0.25, 0.3) is 0 Å². The van der Waals surface area contributed by atoms with E-state index in [1.54, 1.807) is 0 Å². The summed E-state index contributed by atoms with van der Waals surface area (Å²) in [6.45, 7) is 7.53. The molecule has 25 heavy (non-hydrogen) atoms. The second-order valence-corrected chi connectivity index (χ2v) is 7.85.